The fourth-order valence-electron chi connectivity index (χ4n) is 2.92. The third-order valence-electron chi connectivity index (χ3n) is 4.50. The van der Waals surface area contributed by atoms with E-state index in [-0.39, 0.29) is 11.1 Å². The molecule has 2 heterocycles. The van der Waals surface area contributed by atoms with Crippen molar-refractivity contribution < 1.29 is 9.59 Å². The minimum Gasteiger partial charge on any atom is -0.277 e. The molecule has 0 saturated heterocycles. The van der Waals surface area contributed by atoms with E-state index >= 15 is 0 Å². The Hall–Kier alpha value is -3.81. The van der Waals surface area contributed by atoms with Gasteiger partial charge in [-0.15, -0.1) is 0 Å². The van der Waals surface area contributed by atoms with Gasteiger partial charge < -0.3 is 0 Å². The van der Waals surface area contributed by atoms with E-state index in [1.807, 2.05) is 12.1 Å². The molecule has 0 aliphatic carbocycles. The lowest BCUT2D eigenvalue weighted by Crippen LogP contribution is -2.32. The van der Waals surface area contributed by atoms with Crippen molar-refractivity contribution in [2.75, 3.05) is 0 Å². The topological polar surface area (TPSA) is 91.3 Å². The Morgan fingerprint density at radius 1 is 0.906 bits per heavy atom. The second-order valence-corrected chi connectivity index (χ2v) is 7.49. The van der Waals surface area contributed by atoms with E-state index in [9.17, 15) is 9.59 Å². The largest absolute Gasteiger partial charge is 0.281 e. The highest BCUT2D eigenvalue weighted by atomic mass is 35.5. The lowest BCUT2D eigenvalue weighted by Gasteiger charge is -2.15. The summed E-state index contributed by atoms with van der Waals surface area (Å²) in [5.74, 6) is -1.20. The number of hydrazone groups is 1. The van der Waals surface area contributed by atoms with Gasteiger partial charge in [0.15, 0.2) is 0 Å². The Balaban J connectivity index is 1.71. The van der Waals surface area contributed by atoms with Crippen molar-refractivity contribution in [3.8, 4) is 11.3 Å². The minimum atomic E-state index is -0.604. The number of amides is 2. The summed E-state index contributed by atoms with van der Waals surface area (Å²) < 4.78 is 0. The van der Waals surface area contributed by atoms with E-state index in [0.717, 1.165) is 10.6 Å². The molecule has 0 saturated carbocycles. The first kappa shape index (κ1) is 21.4. The minimum absolute atomic E-state index is 0.260. The molecule has 0 spiro atoms. The number of benzene rings is 2. The van der Waals surface area contributed by atoms with Gasteiger partial charge in [-0.05, 0) is 48.5 Å². The van der Waals surface area contributed by atoms with Crippen LogP contribution in [0.1, 0.15) is 26.3 Å². The molecule has 158 valence electrons. The van der Waals surface area contributed by atoms with E-state index < -0.39 is 11.8 Å². The zero-order valence-electron chi connectivity index (χ0n) is 16.4. The number of halogens is 2. The molecule has 1 N–H and O–H groups in total. The molecule has 2 aromatic carbocycles. The number of nitrogens with zero attached hydrogens (tertiary/aromatic N) is 4. The van der Waals surface area contributed by atoms with Crippen molar-refractivity contribution >= 4 is 41.2 Å². The predicted molar refractivity (Wildman–Crippen MR) is 123 cm³/mol. The summed E-state index contributed by atoms with van der Waals surface area (Å²) in [5.41, 5.74) is 2.53. The van der Waals surface area contributed by atoms with Gasteiger partial charge in [0.1, 0.15) is 0 Å². The second-order valence-electron chi connectivity index (χ2n) is 6.62. The maximum Gasteiger partial charge on any atom is 0.281 e. The highest BCUT2D eigenvalue weighted by molar-refractivity contribution is 6.31. The SMILES string of the molecule is O=C(c1ccncc1)N(/N=C/c1cn[nH]c1-c1cccc(Cl)c1)C(=O)c1ccc(Cl)cc1. The van der Waals surface area contributed by atoms with Gasteiger partial charge in [0.25, 0.3) is 11.8 Å². The summed E-state index contributed by atoms with van der Waals surface area (Å²) in [4.78, 5) is 30.1. The van der Waals surface area contributed by atoms with E-state index in [4.69, 9.17) is 23.2 Å². The van der Waals surface area contributed by atoms with Crippen LogP contribution in [0.5, 0.6) is 0 Å². The molecule has 0 radical (unpaired) electrons. The molecule has 4 aromatic rings. The number of imide groups is 1. The summed E-state index contributed by atoms with van der Waals surface area (Å²) in [5, 5.41) is 13.0. The van der Waals surface area contributed by atoms with Gasteiger partial charge in [0.05, 0.1) is 18.1 Å². The number of hydrogen-bond acceptors (Lipinski definition) is 5. The van der Waals surface area contributed by atoms with Crippen molar-refractivity contribution in [3.63, 3.8) is 0 Å². The third kappa shape index (κ3) is 4.74. The maximum atomic E-state index is 13.1. The molecule has 2 aromatic heterocycles. The van der Waals surface area contributed by atoms with Crippen molar-refractivity contribution in [2.24, 2.45) is 5.10 Å². The summed E-state index contributed by atoms with van der Waals surface area (Å²) in [6.45, 7) is 0. The van der Waals surface area contributed by atoms with Crippen LogP contribution < -0.4 is 0 Å². The number of hydrogen-bond donors (Lipinski definition) is 1. The van der Waals surface area contributed by atoms with Crippen molar-refractivity contribution in [1.29, 1.82) is 0 Å². The van der Waals surface area contributed by atoms with Crippen molar-refractivity contribution in [2.45, 2.75) is 0 Å². The fourth-order valence-corrected chi connectivity index (χ4v) is 3.23. The molecule has 0 fully saturated rings. The average Bonchev–Trinajstić information content (AvgIpc) is 3.28. The molecule has 4 rings (SSSR count). The van der Waals surface area contributed by atoms with E-state index in [1.54, 1.807) is 30.5 Å². The van der Waals surface area contributed by atoms with Crippen LogP contribution in [0.3, 0.4) is 0 Å². The number of rotatable bonds is 5. The molecule has 0 aliphatic heterocycles. The summed E-state index contributed by atoms with van der Waals surface area (Å²) in [7, 11) is 0. The first-order valence-corrected chi connectivity index (χ1v) is 10.2. The molecule has 7 nitrogen and oxygen atoms in total. The Bertz CT molecular complexity index is 1290. The summed E-state index contributed by atoms with van der Waals surface area (Å²) in [6.07, 6.45) is 5.87. The van der Waals surface area contributed by atoms with Gasteiger partial charge in [-0.2, -0.15) is 15.2 Å². The van der Waals surface area contributed by atoms with Gasteiger partial charge in [0, 0.05) is 44.7 Å². The first-order chi connectivity index (χ1) is 15.5. The molecule has 0 aliphatic rings. The van der Waals surface area contributed by atoms with Crippen molar-refractivity contribution in [3.05, 3.63) is 106 Å². The highest BCUT2D eigenvalue weighted by Crippen LogP contribution is 2.23. The molecule has 0 unspecified atom stereocenters. The second kappa shape index (κ2) is 9.55. The summed E-state index contributed by atoms with van der Waals surface area (Å²) >= 11 is 12.0. The normalized spacial score (nSPS) is 10.9. The first-order valence-electron chi connectivity index (χ1n) is 9.40. The van der Waals surface area contributed by atoms with Gasteiger partial charge in [-0.25, -0.2) is 0 Å². The van der Waals surface area contributed by atoms with Crippen LogP contribution in [-0.2, 0) is 0 Å². The maximum absolute atomic E-state index is 13.1. The Morgan fingerprint density at radius 3 is 2.28 bits per heavy atom. The van der Waals surface area contributed by atoms with Crippen LogP contribution in [0.15, 0.2) is 84.4 Å². The molecule has 2 amide bonds. The van der Waals surface area contributed by atoms with Gasteiger partial charge in [0.2, 0.25) is 0 Å². The lowest BCUT2D eigenvalue weighted by molar-refractivity contribution is 0.0622. The standard InChI is InChI=1S/C23H15Cl2N5O2/c24-19-6-4-15(5-7-19)22(31)30(23(32)16-8-10-26-11-9-16)28-14-18-13-27-29-21(18)17-2-1-3-20(25)12-17/h1-14H,(H,27,29)/b28-14+. The molecule has 0 atom stereocenters. The molecule has 0 bridgehead atoms. The number of carbonyl (C=O) groups is 2. The van der Waals surface area contributed by atoms with Crippen LogP contribution in [0.2, 0.25) is 10.0 Å². The quantitative estimate of drug-likeness (QED) is 0.253. The van der Waals surface area contributed by atoms with Crippen LogP contribution >= 0.6 is 23.2 Å². The van der Waals surface area contributed by atoms with E-state index in [0.29, 0.717) is 21.3 Å². The number of carbonyl (C=O) groups excluding carboxylic acids is 2. The van der Waals surface area contributed by atoms with E-state index in [2.05, 4.69) is 20.3 Å². The number of H-pyrrole nitrogens is 1. The zero-order chi connectivity index (χ0) is 22.5. The average molecular weight is 464 g/mol. The molecule has 32 heavy (non-hydrogen) atoms. The number of pyridine rings is 1. The third-order valence-corrected chi connectivity index (χ3v) is 4.98. The Labute approximate surface area is 193 Å². The van der Waals surface area contributed by atoms with Gasteiger partial charge in [-0.1, -0.05) is 35.3 Å². The monoisotopic (exact) mass is 463 g/mol. The number of nitrogens with one attached hydrogen (secondary N) is 1. The molecule has 9 heteroatoms. The van der Waals surface area contributed by atoms with Crippen LogP contribution in [0, 0.1) is 0 Å². The predicted octanol–water partition coefficient (Wildman–Crippen LogP) is 5.10. The van der Waals surface area contributed by atoms with Gasteiger partial charge >= 0.3 is 0 Å². The van der Waals surface area contributed by atoms with Crippen LogP contribution in [-0.4, -0.2) is 38.2 Å². The number of aromatic nitrogens is 3. The zero-order valence-corrected chi connectivity index (χ0v) is 18.0. The van der Waals surface area contributed by atoms with Crippen LogP contribution in [0.4, 0.5) is 0 Å². The smallest absolute Gasteiger partial charge is 0.277 e. The number of aromatic amines is 1. The molecular weight excluding hydrogens is 449 g/mol. The van der Waals surface area contributed by atoms with Crippen molar-refractivity contribution in [1.82, 2.24) is 20.2 Å². The summed E-state index contributed by atoms with van der Waals surface area (Å²) in [6, 6.07) is 16.4. The fraction of sp³-hybridized carbons (Fsp3) is 0. The highest BCUT2D eigenvalue weighted by Gasteiger charge is 2.24. The Kier molecular flexibility index (Phi) is 6.39. The van der Waals surface area contributed by atoms with Gasteiger partial charge in [-0.3, -0.25) is 19.7 Å². The van der Waals surface area contributed by atoms with Crippen LogP contribution in [0.25, 0.3) is 11.3 Å². The Morgan fingerprint density at radius 2 is 1.59 bits per heavy atom. The molecular formula is C23H15Cl2N5O2. The van der Waals surface area contributed by atoms with E-state index in [1.165, 1.54) is 42.9 Å². The lowest BCUT2D eigenvalue weighted by atomic mass is 10.1.